The summed E-state index contributed by atoms with van der Waals surface area (Å²) in [5, 5.41) is 0. The van der Waals surface area contributed by atoms with E-state index in [0.717, 1.165) is 62.0 Å². The summed E-state index contributed by atoms with van der Waals surface area (Å²) in [6.07, 6.45) is 7.73. The molecule has 5 rings (SSSR count). The van der Waals surface area contributed by atoms with Gasteiger partial charge >= 0.3 is 0 Å². The van der Waals surface area contributed by atoms with Crippen LogP contribution in [0.15, 0.2) is 36.5 Å². The average molecular weight is 435 g/mol. The second-order valence-corrected chi connectivity index (χ2v) is 9.92. The molecule has 0 spiro atoms. The first-order chi connectivity index (χ1) is 15.5. The van der Waals surface area contributed by atoms with Crippen molar-refractivity contribution in [3.8, 4) is 5.75 Å². The first kappa shape index (κ1) is 21.2. The summed E-state index contributed by atoms with van der Waals surface area (Å²) in [6, 6.07) is 10.2. The summed E-state index contributed by atoms with van der Waals surface area (Å²) in [7, 11) is 0. The van der Waals surface area contributed by atoms with Gasteiger partial charge in [0.15, 0.2) is 0 Å². The van der Waals surface area contributed by atoms with Crippen LogP contribution in [0.4, 0.5) is 11.8 Å². The molecule has 0 N–H and O–H groups in total. The van der Waals surface area contributed by atoms with E-state index >= 15 is 0 Å². The monoisotopic (exact) mass is 434 g/mol. The molecule has 2 aromatic rings. The maximum absolute atomic E-state index is 11.4. The summed E-state index contributed by atoms with van der Waals surface area (Å²) >= 11 is 0. The van der Waals surface area contributed by atoms with E-state index in [0.29, 0.717) is 6.42 Å². The average Bonchev–Trinajstić information content (AvgIpc) is 3.50. The number of aromatic nitrogens is 2. The number of benzene rings is 1. The number of Topliss-reactive ketones (excluding diaryl/α,β-unsaturated/α-hetero) is 1. The lowest BCUT2D eigenvalue weighted by Gasteiger charge is -2.21. The number of anilines is 2. The van der Waals surface area contributed by atoms with Gasteiger partial charge in [-0.1, -0.05) is 25.5 Å². The molecule has 1 aromatic carbocycles. The molecular formula is C26H34N4O2. The van der Waals surface area contributed by atoms with Gasteiger partial charge in [-0.3, -0.25) is 0 Å². The molecule has 2 unspecified atom stereocenters. The zero-order valence-electron chi connectivity index (χ0n) is 19.2. The van der Waals surface area contributed by atoms with Gasteiger partial charge in [0.25, 0.3) is 0 Å². The summed E-state index contributed by atoms with van der Waals surface area (Å²) < 4.78 is 6.26. The van der Waals surface area contributed by atoms with E-state index in [1.54, 1.807) is 6.92 Å². The van der Waals surface area contributed by atoms with Gasteiger partial charge in [-0.25, -0.2) is 4.98 Å². The number of hydrogen-bond acceptors (Lipinski definition) is 6. The summed E-state index contributed by atoms with van der Waals surface area (Å²) in [5.74, 6) is 4.92. The van der Waals surface area contributed by atoms with Crippen molar-refractivity contribution in [3.05, 3.63) is 42.1 Å². The number of ether oxygens (including phenoxy) is 1. The van der Waals surface area contributed by atoms with Gasteiger partial charge < -0.3 is 19.3 Å². The summed E-state index contributed by atoms with van der Waals surface area (Å²) in [5.41, 5.74) is 1.18. The smallest absolute Gasteiger partial charge is 0.227 e. The van der Waals surface area contributed by atoms with Gasteiger partial charge in [-0.15, -0.1) is 0 Å². The van der Waals surface area contributed by atoms with Crippen LogP contribution in [-0.2, 0) is 4.79 Å². The molecular weight excluding hydrogens is 400 g/mol. The number of carbonyl (C=O) groups is 1. The highest BCUT2D eigenvalue weighted by atomic mass is 16.5. The third-order valence-electron chi connectivity index (χ3n) is 7.45. The van der Waals surface area contributed by atoms with Crippen molar-refractivity contribution in [1.29, 1.82) is 0 Å². The van der Waals surface area contributed by atoms with Gasteiger partial charge in [0.2, 0.25) is 5.95 Å². The van der Waals surface area contributed by atoms with Crippen LogP contribution < -0.4 is 14.5 Å². The van der Waals surface area contributed by atoms with E-state index < -0.39 is 0 Å². The van der Waals surface area contributed by atoms with Gasteiger partial charge in [-0.2, -0.15) is 4.98 Å². The molecule has 3 aliphatic rings. The quantitative estimate of drug-likeness (QED) is 0.642. The maximum atomic E-state index is 11.4. The minimum atomic E-state index is 0.153. The molecule has 6 nitrogen and oxygen atoms in total. The van der Waals surface area contributed by atoms with Crippen molar-refractivity contribution in [1.82, 2.24) is 9.97 Å². The first-order valence-electron chi connectivity index (χ1n) is 12.1. The Morgan fingerprint density at radius 1 is 1.06 bits per heavy atom. The molecule has 2 saturated heterocycles. The second kappa shape index (κ2) is 9.08. The van der Waals surface area contributed by atoms with Crippen LogP contribution in [0.2, 0.25) is 0 Å². The lowest BCUT2D eigenvalue weighted by atomic mass is 9.96. The second-order valence-electron chi connectivity index (χ2n) is 9.92. The van der Waals surface area contributed by atoms with Crippen molar-refractivity contribution >= 4 is 17.5 Å². The lowest BCUT2D eigenvalue weighted by Crippen LogP contribution is -2.27. The molecule has 1 saturated carbocycles. The molecule has 0 radical (unpaired) electrons. The van der Waals surface area contributed by atoms with Crippen molar-refractivity contribution in [2.45, 2.75) is 58.0 Å². The van der Waals surface area contributed by atoms with Crippen molar-refractivity contribution in [2.24, 2.45) is 11.8 Å². The minimum Gasteiger partial charge on any atom is -0.489 e. The predicted molar refractivity (Wildman–Crippen MR) is 126 cm³/mol. The van der Waals surface area contributed by atoms with E-state index in [1.165, 1.54) is 24.8 Å². The number of fused-ring (bicyclic) bond motifs is 1. The molecule has 1 aromatic heterocycles. The lowest BCUT2D eigenvalue weighted by molar-refractivity contribution is -0.117. The Balaban J connectivity index is 1.18. The Morgan fingerprint density at radius 2 is 1.81 bits per heavy atom. The van der Waals surface area contributed by atoms with Crippen LogP contribution in [0, 0.1) is 11.8 Å². The first-order valence-corrected chi connectivity index (χ1v) is 12.1. The highest BCUT2D eigenvalue weighted by molar-refractivity contribution is 5.76. The SMILES string of the molecule is CC(=O)C[C@@H](C)c1ccc(O[C@@H]2CCN(c3ccnc(N4CC5CCCC5C4)n3)C2)cc1. The van der Waals surface area contributed by atoms with Crippen LogP contribution in [-0.4, -0.2) is 48.0 Å². The van der Waals surface area contributed by atoms with E-state index in [4.69, 9.17) is 9.72 Å². The highest BCUT2D eigenvalue weighted by Crippen LogP contribution is 2.39. The standard InChI is InChI=1S/C26H34N4O2/c1-18(14-19(2)31)20-6-8-23(9-7-20)32-24-11-13-29(17-24)25-10-12-27-26(28-25)30-15-21-4-3-5-22(21)16-30/h6-10,12,18,21-22,24H,3-5,11,13-17H2,1-2H3/t18-,21?,22?,24-/m1/s1. The Kier molecular flexibility index (Phi) is 6.03. The third kappa shape index (κ3) is 4.59. The van der Waals surface area contributed by atoms with Crippen LogP contribution in [0.1, 0.15) is 57.4 Å². The Bertz CT molecular complexity index is 935. The number of hydrogen-bond donors (Lipinski definition) is 0. The van der Waals surface area contributed by atoms with Crippen LogP contribution in [0.25, 0.3) is 0 Å². The number of rotatable bonds is 7. The molecule has 170 valence electrons. The van der Waals surface area contributed by atoms with Crippen LogP contribution in [0.5, 0.6) is 5.75 Å². The third-order valence-corrected chi connectivity index (χ3v) is 7.45. The van der Waals surface area contributed by atoms with E-state index in [2.05, 4.69) is 33.8 Å². The van der Waals surface area contributed by atoms with E-state index in [9.17, 15) is 4.79 Å². The zero-order valence-corrected chi connectivity index (χ0v) is 19.2. The maximum Gasteiger partial charge on any atom is 0.227 e. The molecule has 3 heterocycles. The highest BCUT2D eigenvalue weighted by Gasteiger charge is 2.37. The van der Waals surface area contributed by atoms with Crippen LogP contribution in [0.3, 0.4) is 0 Å². The fourth-order valence-electron chi connectivity index (χ4n) is 5.71. The molecule has 0 amide bonds. The topological polar surface area (TPSA) is 58.6 Å². The van der Waals surface area contributed by atoms with Gasteiger partial charge in [-0.05, 0) is 61.3 Å². The Labute approximate surface area is 191 Å². The zero-order chi connectivity index (χ0) is 22.1. The molecule has 3 fully saturated rings. The van der Waals surface area contributed by atoms with Gasteiger partial charge in [0.1, 0.15) is 23.5 Å². The molecule has 6 heteroatoms. The van der Waals surface area contributed by atoms with Crippen LogP contribution >= 0.6 is 0 Å². The minimum absolute atomic E-state index is 0.153. The Morgan fingerprint density at radius 3 is 2.53 bits per heavy atom. The van der Waals surface area contributed by atoms with Crippen molar-refractivity contribution < 1.29 is 9.53 Å². The van der Waals surface area contributed by atoms with Crippen molar-refractivity contribution in [2.75, 3.05) is 36.0 Å². The van der Waals surface area contributed by atoms with Crippen molar-refractivity contribution in [3.63, 3.8) is 0 Å². The fraction of sp³-hybridized carbons (Fsp3) is 0.577. The number of carbonyl (C=O) groups excluding carboxylic acids is 1. The van der Waals surface area contributed by atoms with E-state index in [1.807, 2.05) is 24.4 Å². The van der Waals surface area contributed by atoms with Gasteiger partial charge in [0.05, 0.1) is 6.54 Å². The largest absolute Gasteiger partial charge is 0.489 e. The number of ketones is 1. The molecule has 2 aliphatic heterocycles. The molecule has 32 heavy (non-hydrogen) atoms. The molecule has 1 aliphatic carbocycles. The van der Waals surface area contributed by atoms with Gasteiger partial charge in [0, 0.05) is 38.7 Å². The van der Waals surface area contributed by atoms with E-state index in [-0.39, 0.29) is 17.8 Å². The Hall–Kier alpha value is -2.63. The normalized spacial score (nSPS) is 25.8. The molecule has 4 atom stereocenters. The fourth-order valence-corrected chi connectivity index (χ4v) is 5.71. The number of nitrogens with zero attached hydrogens (tertiary/aromatic N) is 4. The predicted octanol–water partition coefficient (Wildman–Crippen LogP) is 4.45. The summed E-state index contributed by atoms with van der Waals surface area (Å²) in [4.78, 5) is 25.6. The molecule has 0 bridgehead atoms. The summed E-state index contributed by atoms with van der Waals surface area (Å²) in [6.45, 7) is 7.75.